The van der Waals surface area contributed by atoms with E-state index in [-0.39, 0.29) is 0 Å². The van der Waals surface area contributed by atoms with Gasteiger partial charge in [-0.15, -0.1) is 0 Å². The molecule has 0 amide bonds. The highest BCUT2D eigenvalue weighted by molar-refractivity contribution is 6.36. The van der Waals surface area contributed by atoms with Gasteiger partial charge in [0.2, 0.25) is 0 Å². The van der Waals surface area contributed by atoms with E-state index in [9.17, 15) is 0 Å². The minimum absolute atomic E-state index is 0.567. The van der Waals surface area contributed by atoms with Crippen LogP contribution < -0.4 is 0 Å². The monoisotopic (exact) mass is 304 g/mol. The number of nitrogens with zero attached hydrogens (tertiary/aromatic N) is 3. The Morgan fingerprint density at radius 1 is 1.15 bits per heavy atom. The first-order valence-electron chi connectivity index (χ1n) is 5.93. The van der Waals surface area contributed by atoms with Gasteiger partial charge in [0.25, 0.3) is 0 Å². The Morgan fingerprint density at radius 3 is 2.70 bits per heavy atom. The molecule has 0 saturated heterocycles. The molecule has 6 heteroatoms. The Morgan fingerprint density at radius 2 is 2.00 bits per heavy atom. The molecule has 0 unspecified atom stereocenters. The third-order valence-corrected chi connectivity index (χ3v) is 3.42. The maximum absolute atomic E-state index is 6.22. The number of imidazole rings is 1. The van der Waals surface area contributed by atoms with Crippen LogP contribution in [0.1, 0.15) is 5.69 Å². The summed E-state index contributed by atoms with van der Waals surface area (Å²) in [5, 5.41) is 1.17. The summed E-state index contributed by atoms with van der Waals surface area (Å²) in [5.74, 6) is 0.664. The number of aromatic nitrogens is 4. The summed E-state index contributed by atoms with van der Waals surface area (Å²) in [6.07, 6.45) is 4.91. The second-order valence-corrected chi connectivity index (χ2v) is 5.12. The van der Waals surface area contributed by atoms with E-state index in [1.54, 1.807) is 30.7 Å². The number of aryl methyl sites for hydroxylation is 1. The first kappa shape index (κ1) is 13.1. The van der Waals surface area contributed by atoms with Crippen molar-refractivity contribution in [2.45, 2.75) is 6.92 Å². The summed E-state index contributed by atoms with van der Waals surface area (Å²) in [6, 6.07) is 5.35. The lowest BCUT2D eigenvalue weighted by Gasteiger charge is -2.02. The maximum Gasteiger partial charge on any atom is 0.158 e. The summed E-state index contributed by atoms with van der Waals surface area (Å²) in [4.78, 5) is 16.0. The lowest BCUT2D eigenvalue weighted by atomic mass is 10.1. The van der Waals surface area contributed by atoms with Crippen molar-refractivity contribution in [3.8, 4) is 22.8 Å². The van der Waals surface area contributed by atoms with Gasteiger partial charge in [-0.2, -0.15) is 0 Å². The molecule has 0 fully saturated rings. The van der Waals surface area contributed by atoms with Gasteiger partial charge in [0.05, 0.1) is 16.9 Å². The molecule has 0 atom stereocenters. The number of nitrogens with one attached hydrogen (secondary N) is 1. The fourth-order valence-electron chi connectivity index (χ4n) is 1.95. The fourth-order valence-corrected chi connectivity index (χ4v) is 2.44. The highest BCUT2D eigenvalue weighted by Crippen LogP contribution is 2.32. The molecular weight excluding hydrogens is 295 g/mol. The zero-order chi connectivity index (χ0) is 14.1. The molecule has 20 heavy (non-hydrogen) atoms. The van der Waals surface area contributed by atoms with Gasteiger partial charge < -0.3 is 4.98 Å². The lowest BCUT2D eigenvalue weighted by molar-refractivity contribution is 1.15. The number of hydrogen-bond donors (Lipinski definition) is 1. The molecule has 1 N–H and O–H groups in total. The van der Waals surface area contributed by atoms with Crippen molar-refractivity contribution in [3.63, 3.8) is 0 Å². The Labute approximate surface area is 125 Å². The summed E-state index contributed by atoms with van der Waals surface area (Å²) in [5.41, 5.74) is 3.22. The van der Waals surface area contributed by atoms with Crippen LogP contribution in [0.15, 0.2) is 36.8 Å². The Kier molecular flexibility index (Phi) is 3.42. The van der Waals surface area contributed by atoms with Crippen molar-refractivity contribution in [2.75, 3.05) is 0 Å². The van der Waals surface area contributed by atoms with Gasteiger partial charge in [-0.25, -0.2) is 9.97 Å². The quantitative estimate of drug-likeness (QED) is 0.774. The number of aromatic amines is 1. The van der Waals surface area contributed by atoms with Gasteiger partial charge in [-0.05, 0) is 25.1 Å². The highest BCUT2D eigenvalue weighted by atomic mass is 35.5. The van der Waals surface area contributed by atoms with E-state index in [2.05, 4.69) is 19.9 Å². The molecule has 0 aliphatic carbocycles. The first-order chi connectivity index (χ1) is 9.65. The highest BCUT2D eigenvalue weighted by Gasteiger charge is 2.14. The van der Waals surface area contributed by atoms with E-state index >= 15 is 0 Å². The average molecular weight is 305 g/mol. The molecule has 0 bridgehead atoms. The van der Waals surface area contributed by atoms with Crippen LogP contribution in [0.4, 0.5) is 0 Å². The molecule has 3 rings (SSSR count). The van der Waals surface area contributed by atoms with Crippen LogP contribution in [-0.2, 0) is 0 Å². The van der Waals surface area contributed by atoms with Crippen molar-refractivity contribution < 1.29 is 0 Å². The van der Waals surface area contributed by atoms with Gasteiger partial charge in [-0.3, -0.25) is 4.98 Å². The van der Waals surface area contributed by atoms with Gasteiger partial charge >= 0.3 is 0 Å². The summed E-state index contributed by atoms with van der Waals surface area (Å²) < 4.78 is 0. The molecule has 0 radical (unpaired) electrons. The predicted octanol–water partition coefficient (Wildman–Crippen LogP) is 4.15. The van der Waals surface area contributed by atoms with Crippen LogP contribution in [0.2, 0.25) is 10.0 Å². The smallest absolute Gasteiger partial charge is 0.158 e. The number of hydrogen-bond acceptors (Lipinski definition) is 3. The number of halogens is 2. The van der Waals surface area contributed by atoms with Crippen LogP contribution in [0, 0.1) is 6.92 Å². The van der Waals surface area contributed by atoms with Crippen molar-refractivity contribution >= 4 is 23.2 Å². The summed E-state index contributed by atoms with van der Waals surface area (Å²) in [7, 11) is 0. The van der Waals surface area contributed by atoms with Gasteiger partial charge in [0, 0.05) is 28.7 Å². The molecule has 0 saturated carbocycles. The van der Waals surface area contributed by atoms with Crippen LogP contribution in [0.3, 0.4) is 0 Å². The van der Waals surface area contributed by atoms with E-state index in [1.165, 1.54) is 0 Å². The molecule has 100 valence electrons. The Balaban J connectivity index is 2.10. The molecule has 2 heterocycles. The van der Waals surface area contributed by atoms with Crippen molar-refractivity contribution in [3.05, 3.63) is 52.5 Å². The third-order valence-electron chi connectivity index (χ3n) is 2.88. The van der Waals surface area contributed by atoms with Crippen LogP contribution >= 0.6 is 23.2 Å². The largest absolute Gasteiger partial charge is 0.340 e. The number of rotatable bonds is 2. The molecule has 3 aromatic rings. The van der Waals surface area contributed by atoms with Gasteiger partial charge in [0.1, 0.15) is 5.69 Å². The van der Waals surface area contributed by atoms with Crippen molar-refractivity contribution in [1.82, 2.24) is 19.9 Å². The first-order valence-corrected chi connectivity index (χ1v) is 6.69. The lowest BCUT2D eigenvalue weighted by Crippen LogP contribution is -1.86. The zero-order valence-electron chi connectivity index (χ0n) is 10.6. The van der Waals surface area contributed by atoms with E-state index in [4.69, 9.17) is 23.2 Å². The van der Waals surface area contributed by atoms with Gasteiger partial charge in [-0.1, -0.05) is 23.2 Å². The molecule has 0 aliphatic heterocycles. The number of benzene rings is 1. The molecular formula is C14H10Cl2N4. The molecule has 4 nitrogen and oxygen atoms in total. The molecule has 0 spiro atoms. The molecule has 1 aromatic carbocycles. The van der Waals surface area contributed by atoms with E-state index in [0.717, 1.165) is 17.0 Å². The number of H-pyrrole nitrogens is 1. The minimum Gasteiger partial charge on any atom is -0.340 e. The molecule has 0 aliphatic rings. The molecule has 2 aromatic heterocycles. The predicted molar refractivity (Wildman–Crippen MR) is 79.8 cm³/mol. The van der Waals surface area contributed by atoms with Crippen LogP contribution in [-0.4, -0.2) is 19.9 Å². The van der Waals surface area contributed by atoms with E-state index in [1.807, 2.05) is 13.0 Å². The van der Waals surface area contributed by atoms with E-state index < -0.39 is 0 Å². The summed E-state index contributed by atoms with van der Waals surface area (Å²) in [6.45, 7) is 1.94. The Hall–Kier alpha value is -1.91. The second-order valence-electron chi connectivity index (χ2n) is 4.27. The van der Waals surface area contributed by atoms with Crippen molar-refractivity contribution in [1.29, 1.82) is 0 Å². The van der Waals surface area contributed by atoms with Gasteiger partial charge in [0.15, 0.2) is 5.82 Å². The van der Waals surface area contributed by atoms with E-state index in [0.29, 0.717) is 21.6 Å². The fraction of sp³-hybridized carbons (Fsp3) is 0.0714. The SMILES string of the molecule is Cc1[nH]c(-c2cnccn2)nc1-c1ccc(Cl)cc1Cl. The van der Waals surface area contributed by atoms with Crippen molar-refractivity contribution in [2.24, 2.45) is 0 Å². The normalized spacial score (nSPS) is 10.8. The summed E-state index contributed by atoms with van der Waals surface area (Å²) >= 11 is 12.1. The topological polar surface area (TPSA) is 54.5 Å². The maximum atomic E-state index is 6.22. The second kappa shape index (κ2) is 5.23. The Bertz CT molecular complexity index is 753. The third kappa shape index (κ3) is 2.40. The van der Waals surface area contributed by atoms with Crippen LogP contribution in [0.5, 0.6) is 0 Å². The average Bonchev–Trinajstić information content (AvgIpc) is 2.82. The standard InChI is InChI=1S/C14H10Cl2N4/c1-8-13(10-3-2-9(15)6-11(10)16)20-14(19-8)12-7-17-4-5-18-12/h2-7H,1H3,(H,19,20). The zero-order valence-corrected chi connectivity index (χ0v) is 12.1. The van der Waals surface area contributed by atoms with Crippen LogP contribution in [0.25, 0.3) is 22.8 Å². The minimum atomic E-state index is 0.567.